The van der Waals surface area contributed by atoms with Crippen LogP contribution in [-0.4, -0.2) is 39.2 Å². The molecule has 0 atom stereocenters. The Morgan fingerprint density at radius 3 is 2.53 bits per heavy atom. The van der Waals surface area contributed by atoms with Crippen LogP contribution in [0.2, 0.25) is 5.02 Å². The van der Waals surface area contributed by atoms with E-state index in [9.17, 15) is 4.79 Å². The average molecular weight is 285 g/mol. The Morgan fingerprint density at radius 1 is 1.32 bits per heavy atom. The molecule has 0 unspecified atom stereocenters. The molecule has 1 N–H and O–H groups in total. The van der Waals surface area contributed by atoms with Crippen molar-refractivity contribution in [3.8, 4) is 11.5 Å². The number of hydrogen-bond acceptors (Lipinski definition) is 4. The Balaban J connectivity index is 2.93. The lowest BCUT2D eigenvalue weighted by atomic mass is 10.2. The van der Waals surface area contributed by atoms with Gasteiger partial charge in [-0.3, -0.25) is 10.2 Å². The first-order valence-electron chi connectivity index (χ1n) is 5.55. The van der Waals surface area contributed by atoms with Gasteiger partial charge in [-0.15, -0.1) is 0 Å². The van der Waals surface area contributed by atoms with E-state index >= 15 is 0 Å². The first-order valence-corrected chi connectivity index (χ1v) is 5.93. The van der Waals surface area contributed by atoms with Crippen LogP contribution < -0.4 is 14.9 Å². The van der Waals surface area contributed by atoms with Gasteiger partial charge in [0.15, 0.2) is 11.5 Å². The van der Waals surface area contributed by atoms with Crippen molar-refractivity contribution >= 4 is 23.6 Å². The lowest BCUT2D eigenvalue weighted by Crippen LogP contribution is -2.34. The molecule has 19 heavy (non-hydrogen) atoms. The van der Waals surface area contributed by atoms with Gasteiger partial charge in [-0.1, -0.05) is 11.6 Å². The number of rotatable bonds is 5. The molecule has 1 aromatic carbocycles. The Kier molecular flexibility index (Phi) is 5.66. The van der Waals surface area contributed by atoms with Crippen LogP contribution in [0.3, 0.4) is 0 Å². The Bertz CT molecular complexity index is 487. The average Bonchev–Trinajstić information content (AvgIpc) is 2.34. The Hall–Kier alpha value is -1.72. The van der Waals surface area contributed by atoms with E-state index in [0.29, 0.717) is 16.5 Å². The highest BCUT2D eigenvalue weighted by Crippen LogP contribution is 2.36. The fourth-order valence-electron chi connectivity index (χ4n) is 1.46. The molecule has 0 spiro atoms. The number of benzene rings is 1. The maximum Gasteiger partial charge on any atom is 0.258 e. The number of halogens is 1. The first kappa shape index (κ1) is 15.3. The topological polar surface area (TPSA) is 50.8 Å². The number of hydrogen-bond donors (Lipinski definition) is 1. The predicted octanol–water partition coefficient (Wildman–Crippen LogP) is 1.96. The van der Waals surface area contributed by atoms with E-state index in [-0.39, 0.29) is 5.91 Å². The van der Waals surface area contributed by atoms with Crippen molar-refractivity contribution in [2.75, 3.05) is 28.3 Å². The number of methoxy groups -OCH3 is 2. The standard InChI is InChI=1S/C13H17ClN2O3/c1-16(2)15-12(17)6-5-9-7-10(14)13(19-4)11(8-9)18-3/h5-8H,1-4H3,(H,15,17)/b6-5+. The van der Waals surface area contributed by atoms with E-state index in [4.69, 9.17) is 21.1 Å². The van der Waals surface area contributed by atoms with E-state index in [1.807, 2.05) is 0 Å². The monoisotopic (exact) mass is 284 g/mol. The molecule has 5 nitrogen and oxygen atoms in total. The van der Waals surface area contributed by atoms with Crippen LogP contribution in [0.25, 0.3) is 6.08 Å². The molecule has 0 aliphatic carbocycles. The number of carbonyl (C=O) groups excluding carboxylic acids is 1. The van der Waals surface area contributed by atoms with Crippen LogP contribution in [0.1, 0.15) is 5.56 Å². The molecule has 104 valence electrons. The number of hydrazine groups is 1. The zero-order valence-corrected chi connectivity index (χ0v) is 12.1. The number of nitrogens with zero attached hydrogens (tertiary/aromatic N) is 1. The highest BCUT2D eigenvalue weighted by Gasteiger charge is 2.09. The van der Waals surface area contributed by atoms with Crippen molar-refractivity contribution in [1.29, 1.82) is 0 Å². The number of nitrogens with one attached hydrogen (secondary N) is 1. The third-order valence-electron chi connectivity index (χ3n) is 2.22. The minimum atomic E-state index is -0.226. The summed E-state index contributed by atoms with van der Waals surface area (Å²) in [5.74, 6) is 0.762. The molecule has 1 amide bonds. The number of ether oxygens (including phenoxy) is 2. The zero-order valence-electron chi connectivity index (χ0n) is 11.4. The van der Waals surface area contributed by atoms with E-state index in [0.717, 1.165) is 5.56 Å². The summed E-state index contributed by atoms with van der Waals surface area (Å²) in [6, 6.07) is 3.44. The van der Waals surface area contributed by atoms with Crippen LogP contribution in [0.15, 0.2) is 18.2 Å². The summed E-state index contributed by atoms with van der Waals surface area (Å²) in [5, 5.41) is 1.99. The van der Waals surface area contributed by atoms with Crippen LogP contribution in [0, 0.1) is 0 Å². The van der Waals surface area contributed by atoms with Gasteiger partial charge in [0.25, 0.3) is 5.91 Å². The quantitative estimate of drug-likeness (QED) is 0.663. The Morgan fingerprint density at radius 2 is 2.00 bits per heavy atom. The molecule has 0 aliphatic heterocycles. The summed E-state index contributed by atoms with van der Waals surface area (Å²) >= 11 is 6.07. The maximum atomic E-state index is 11.5. The fraction of sp³-hybridized carbons (Fsp3) is 0.308. The van der Waals surface area contributed by atoms with Gasteiger partial charge in [0.05, 0.1) is 19.2 Å². The molecule has 6 heteroatoms. The molecular weight excluding hydrogens is 268 g/mol. The van der Waals surface area contributed by atoms with Gasteiger partial charge in [-0.25, -0.2) is 5.01 Å². The summed E-state index contributed by atoms with van der Waals surface area (Å²) in [6.45, 7) is 0. The second-order valence-corrected chi connectivity index (χ2v) is 4.35. The molecule has 0 radical (unpaired) electrons. The molecular formula is C13H17ClN2O3. The summed E-state index contributed by atoms with van der Waals surface area (Å²) in [5.41, 5.74) is 3.34. The van der Waals surface area contributed by atoms with Crippen molar-refractivity contribution in [1.82, 2.24) is 10.4 Å². The maximum absolute atomic E-state index is 11.5. The lowest BCUT2D eigenvalue weighted by molar-refractivity contribution is -0.119. The summed E-state index contributed by atoms with van der Waals surface area (Å²) in [7, 11) is 6.52. The molecule has 1 rings (SSSR count). The highest BCUT2D eigenvalue weighted by molar-refractivity contribution is 6.32. The van der Waals surface area contributed by atoms with Crippen LogP contribution in [-0.2, 0) is 4.79 Å². The number of amides is 1. The minimum absolute atomic E-state index is 0.226. The van der Waals surface area contributed by atoms with Crippen LogP contribution in [0.5, 0.6) is 11.5 Å². The fourth-order valence-corrected chi connectivity index (χ4v) is 1.76. The van der Waals surface area contributed by atoms with Crippen molar-refractivity contribution in [2.24, 2.45) is 0 Å². The SMILES string of the molecule is COc1cc(/C=C/C(=O)NN(C)C)cc(Cl)c1OC. The van der Waals surface area contributed by atoms with E-state index in [1.165, 1.54) is 20.3 Å². The first-order chi connectivity index (χ1) is 8.97. The van der Waals surface area contributed by atoms with Gasteiger partial charge in [0.1, 0.15) is 0 Å². The van der Waals surface area contributed by atoms with Crippen molar-refractivity contribution in [2.45, 2.75) is 0 Å². The molecule has 0 aliphatic rings. The second kappa shape index (κ2) is 7.01. The van der Waals surface area contributed by atoms with Crippen molar-refractivity contribution < 1.29 is 14.3 Å². The molecule has 0 saturated carbocycles. The molecule has 1 aromatic rings. The molecule has 0 fully saturated rings. The van der Waals surface area contributed by atoms with Gasteiger partial charge in [0.2, 0.25) is 0 Å². The number of carbonyl (C=O) groups is 1. The highest BCUT2D eigenvalue weighted by atomic mass is 35.5. The molecule has 0 bridgehead atoms. The predicted molar refractivity (Wildman–Crippen MR) is 75.4 cm³/mol. The summed E-state index contributed by atoms with van der Waals surface area (Å²) in [4.78, 5) is 11.5. The lowest BCUT2D eigenvalue weighted by Gasteiger charge is -2.10. The second-order valence-electron chi connectivity index (χ2n) is 3.94. The van der Waals surface area contributed by atoms with E-state index in [1.54, 1.807) is 37.3 Å². The van der Waals surface area contributed by atoms with Crippen LogP contribution in [0.4, 0.5) is 0 Å². The normalized spacial score (nSPS) is 10.8. The molecule has 0 saturated heterocycles. The third-order valence-corrected chi connectivity index (χ3v) is 2.50. The molecule has 0 aromatic heterocycles. The smallest absolute Gasteiger partial charge is 0.258 e. The van der Waals surface area contributed by atoms with E-state index < -0.39 is 0 Å². The van der Waals surface area contributed by atoms with Crippen molar-refractivity contribution in [3.05, 3.63) is 28.8 Å². The van der Waals surface area contributed by atoms with Gasteiger partial charge >= 0.3 is 0 Å². The zero-order chi connectivity index (χ0) is 14.4. The third kappa shape index (κ3) is 4.46. The Labute approximate surface area is 117 Å². The largest absolute Gasteiger partial charge is 0.493 e. The van der Waals surface area contributed by atoms with Gasteiger partial charge in [-0.05, 0) is 23.8 Å². The summed E-state index contributed by atoms with van der Waals surface area (Å²) < 4.78 is 10.3. The van der Waals surface area contributed by atoms with Crippen molar-refractivity contribution in [3.63, 3.8) is 0 Å². The van der Waals surface area contributed by atoms with Crippen LogP contribution >= 0.6 is 11.6 Å². The van der Waals surface area contributed by atoms with E-state index in [2.05, 4.69) is 5.43 Å². The van der Waals surface area contributed by atoms with Gasteiger partial charge in [0, 0.05) is 20.2 Å². The van der Waals surface area contributed by atoms with Gasteiger partial charge in [-0.2, -0.15) is 0 Å². The summed E-state index contributed by atoms with van der Waals surface area (Å²) in [6.07, 6.45) is 3.06. The molecule has 0 heterocycles. The minimum Gasteiger partial charge on any atom is -0.493 e. The van der Waals surface area contributed by atoms with Gasteiger partial charge < -0.3 is 9.47 Å².